The maximum atomic E-state index is 4.34. The van der Waals surface area contributed by atoms with Gasteiger partial charge in [0.25, 0.3) is 0 Å². The molecule has 4 heteroatoms. The quantitative estimate of drug-likeness (QED) is 0.704. The molecule has 0 saturated carbocycles. The number of aromatic nitrogens is 2. The highest BCUT2D eigenvalue weighted by Gasteiger charge is 1.95. The topological polar surface area (TPSA) is 41.1 Å². The predicted octanol–water partition coefficient (Wildman–Crippen LogP) is 1.22. The second kappa shape index (κ2) is 7.30. The summed E-state index contributed by atoms with van der Waals surface area (Å²) < 4.78 is 0. The first-order chi connectivity index (χ1) is 7.68. The lowest BCUT2D eigenvalue weighted by Gasteiger charge is -2.09. The largest absolute Gasteiger partial charge is 0.311 e. The number of aryl methyl sites for hydroxylation is 1. The molecule has 0 aliphatic rings. The van der Waals surface area contributed by atoms with E-state index >= 15 is 0 Å². The second-order valence-electron chi connectivity index (χ2n) is 4.28. The normalized spacial score (nSPS) is 11.0. The van der Waals surface area contributed by atoms with Crippen molar-refractivity contribution in [3.05, 3.63) is 23.8 Å². The smallest absolute Gasteiger partial charge is 0.125 e. The molecule has 4 nitrogen and oxygen atoms in total. The Labute approximate surface area is 98.1 Å². The second-order valence-corrected chi connectivity index (χ2v) is 4.28. The lowest BCUT2D eigenvalue weighted by Crippen LogP contribution is -2.18. The Balaban J connectivity index is 2.07. The lowest BCUT2D eigenvalue weighted by molar-refractivity contribution is 0.391. The van der Waals surface area contributed by atoms with Crippen LogP contribution in [0.5, 0.6) is 0 Å². The molecule has 0 aromatic carbocycles. The van der Waals surface area contributed by atoms with E-state index in [1.165, 1.54) is 12.8 Å². The van der Waals surface area contributed by atoms with Gasteiger partial charge in [-0.3, -0.25) is 0 Å². The molecule has 1 N–H and O–H groups in total. The molecular formula is C12H22N4. The molecule has 0 bridgehead atoms. The molecule has 0 amide bonds. The molecule has 1 rings (SSSR count). The molecule has 0 fully saturated rings. The number of nitrogens with one attached hydrogen (secondary N) is 1. The van der Waals surface area contributed by atoms with Crippen molar-refractivity contribution >= 4 is 0 Å². The van der Waals surface area contributed by atoms with Crippen LogP contribution in [-0.4, -0.2) is 42.1 Å². The minimum Gasteiger partial charge on any atom is -0.311 e. The third-order valence-electron chi connectivity index (χ3n) is 2.35. The predicted molar refractivity (Wildman–Crippen MR) is 66.3 cm³/mol. The number of hydrogen-bond donors (Lipinski definition) is 1. The molecule has 0 aliphatic heterocycles. The first-order valence-electron chi connectivity index (χ1n) is 5.82. The van der Waals surface area contributed by atoms with E-state index in [0.29, 0.717) is 0 Å². The van der Waals surface area contributed by atoms with Crippen molar-refractivity contribution in [2.24, 2.45) is 0 Å². The van der Waals surface area contributed by atoms with Crippen LogP contribution < -0.4 is 5.32 Å². The van der Waals surface area contributed by atoms with Crippen LogP contribution >= 0.6 is 0 Å². The van der Waals surface area contributed by atoms with Gasteiger partial charge < -0.3 is 10.2 Å². The molecule has 16 heavy (non-hydrogen) atoms. The molecular weight excluding hydrogens is 200 g/mol. The van der Waals surface area contributed by atoms with E-state index in [4.69, 9.17) is 0 Å². The SMILES string of the molecule is Cc1nccc(CNCCCCN(C)C)n1. The fourth-order valence-corrected chi connectivity index (χ4v) is 1.50. The zero-order valence-electron chi connectivity index (χ0n) is 10.5. The van der Waals surface area contributed by atoms with E-state index in [-0.39, 0.29) is 0 Å². The molecule has 0 atom stereocenters. The summed E-state index contributed by atoms with van der Waals surface area (Å²) >= 11 is 0. The van der Waals surface area contributed by atoms with E-state index < -0.39 is 0 Å². The van der Waals surface area contributed by atoms with Crippen LogP contribution in [-0.2, 0) is 6.54 Å². The number of unbranched alkanes of at least 4 members (excludes halogenated alkanes) is 1. The molecule has 0 radical (unpaired) electrons. The summed E-state index contributed by atoms with van der Waals surface area (Å²) in [6, 6.07) is 1.96. The Kier molecular flexibility index (Phi) is 5.96. The Morgan fingerprint density at radius 1 is 1.31 bits per heavy atom. The van der Waals surface area contributed by atoms with Crippen molar-refractivity contribution in [1.29, 1.82) is 0 Å². The molecule has 0 spiro atoms. The van der Waals surface area contributed by atoms with Crippen molar-refractivity contribution in [2.75, 3.05) is 27.2 Å². The Morgan fingerprint density at radius 2 is 2.12 bits per heavy atom. The van der Waals surface area contributed by atoms with Crippen LogP contribution in [0.4, 0.5) is 0 Å². The van der Waals surface area contributed by atoms with E-state index in [0.717, 1.165) is 31.2 Å². The van der Waals surface area contributed by atoms with Crippen molar-refractivity contribution in [3.63, 3.8) is 0 Å². The van der Waals surface area contributed by atoms with E-state index in [1.807, 2.05) is 19.2 Å². The van der Waals surface area contributed by atoms with Crippen LogP contribution in [0.3, 0.4) is 0 Å². The minimum atomic E-state index is 0.839. The summed E-state index contributed by atoms with van der Waals surface area (Å²) in [4.78, 5) is 10.6. The summed E-state index contributed by atoms with van der Waals surface area (Å²) in [6.45, 7) is 4.97. The summed E-state index contributed by atoms with van der Waals surface area (Å²) in [6.07, 6.45) is 4.26. The molecule has 0 unspecified atom stereocenters. The monoisotopic (exact) mass is 222 g/mol. The Bertz CT molecular complexity index is 299. The summed E-state index contributed by atoms with van der Waals surface area (Å²) in [5.41, 5.74) is 1.07. The van der Waals surface area contributed by atoms with E-state index in [9.17, 15) is 0 Å². The minimum absolute atomic E-state index is 0.839. The first kappa shape index (κ1) is 13.1. The Hall–Kier alpha value is -1.00. The summed E-state index contributed by atoms with van der Waals surface area (Å²) in [7, 11) is 4.22. The van der Waals surface area contributed by atoms with Gasteiger partial charge in [-0.05, 0) is 53.0 Å². The van der Waals surface area contributed by atoms with Gasteiger partial charge in [-0.25, -0.2) is 9.97 Å². The van der Waals surface area contributed by atoms with E-state index in [1.54, 1.807) is 0 Å². The average molecular weight is 222 g/mol. The summed E-state index contributed by atoms with van der Waals surface area (Å²) in [5, 5.41) is 3.39. The highest BCUT2D eigenvalue weighted by molar-refractivity contribution is 5.00. The average Bonchev–Trinajstić information content (AvgIpc) is 2.23. The number of nitrogens with zero attached hydrogens (tertiary/aromatic N) is 3. The van der Waals surface area contributed by atoms with E-state index in [2.05, 4.69) is 34.3 Å². The van der Waals surface area contributed by atoms with Gasteiger partial charge in [0, 0.05) is 12.7 Å². The molecule has 1 heterocycles. The molecule has 1 aromatic heterocycles. The Morgan fingerprint density at radius 3 is 2.81 bits per heavy atom. The molecule has 0 saturated heterocycles. The third kappa shape index (κ3) is 5.78. The van der Waals surface area contributed by atoms with Crippen molar-refractivity contribution in [3.8, 4) is 0 Å². The fraction of sp³-hybridized carbons (Fsp3) is 0.667. The number of rotatable bonds is 7. The maximum Gasteiger partial charge on any atom is 0.125 e. The van der Waals surface area contributed by atoms with Gasteiger partial charge in [0.1, 0.15) is 5.82 Å². The van der Waals surface area contributed by atoms with Crippen molar-refractivity contribution in [2.45, 2.75) is 26.3 Å². The van der Waals surface area contributed by atoms with Crippen LogP contribution in [0.2, 0.25) is 0 Å². The highest BCUT2D eigenvalue weighted by Crippen LogP contribution is 1.94. The van der Waals surface area contributed by atoms with Crippen molar-refractivity contribution < 1.29 is 0 Å². The van der Waals surface area contributed by atoms with Crippen LogP contribution in [0.25, 0.3) is 0 Å². The zero-order chi connectivity index (χ0) is 11.8. The van der Waals surface area contributed by atoms with Crippen molar-refractivity contribution in [1.82, 2.24) is 20.2 Å². The van der Waals surface area contributed by atoms with Gasteiger partial charge in [-0.15, -0.1) is 0 Å². The van der Waals surface area contributed by atoms with Gasteiger partial charge in [-0.1, -0.05) is 0 Å². The van der Waals surface area contributed by atoms with Gasteiger partial charge in [0.05, 0.1) is 5.69 Å². The highest BCUT2D eigenvalue weighted by atomic mass is 15.0. The standard InChI is InChI=1S/C12H22N4/c1-11-14-8-6-12(15-11)10-13-7-4-5-9-16(2)3/h6,8,13H,4-5,7,9-10H2,1-3H3. The maximum absolute atomic E-state index is 4.34. The van der Waals surface area contributed by atoms with Gasteiger partial charge in [-0.2, -0.15) is 0 Å². The number of hydrogen-bond acceptors (Lipinski definition) is 4. The van der Waals surface area contributed by atoms with Gasteiger partial charge in [0.15, 0.2) is 0 Å². The fourth-order valence-electron chi connectivity index (χ4n) is 1.50. The van der Waals surface area contributed by atoms with Crippen LogP contribution in [0.1, 0.15) is 24.4 Å². The summed E-state index contributed by atoms with van der Waals surface area (Å²) in [5.74, 6) is 0.840. The van der Waals surface area contributed by atoms with Gasteiger partial charge in [0.2, 0.25) is 0 Å². The van der Waals surface area contributed by atoms with Crippen LogP contribution in [0, 0.1) is 6.92 Å². The first-order valence-corrected chi connectivity index (χ1v) is 5.82. The van der Waals surface area contributed by atoms with Crippen LogP contribution in [0.15, 0.2) is 12.3 Å². The lowest BCUT2D eigenvalue weighted by atomic mass is 10.3. The third-order valence-corrected chi connectivity index (χ3v) is 2.35. The zero-order valence-corrected chi connectivity index (χ0v) is 10.5. The molecule has 0 aliphatic carbocycles. The molecule has 1 aromatic rings. The molecule has 90 valence electrons. The van der Waals surface area contributed by atoms with Gasteiger partial charge >= 0.3 is 0 Å².